The van der Waals surface area contributed by atoms with Gasteiger partial charge >= 0.3 is 0 Å². The molecule has 2 aromatic heterocycles. The molecule has 1 saturated heterocycles. The molecule has 0 N–H and O–H groups in total. The summed E-state index contributed by atoms with van der Waals surface area (Å²) in [6.07, 6.45) is 4.18. The Labute approximate surface area is 152 Å². The van der Waals surface area contributed by atoms with Crippen LogP contribution in [0.2, 0.25) is 0 Å². The minimum Gasteiger partial charge on any atom is -0.339 e. The Morgan fingerprint density at radius 1 is 1.31 bits per heavy atom. The number of nitrogens with zero attached hydrogens (tertiary/aromatic N) is 5. The third-order valence-corrected chi connectivity index (χ3v) is 4.92. The van der Waals surface area contributed by atoms with Gasteiger partial charge in [0.2, 0.25) is 11.7 Å². The standard InChI is InChI=1S/C20H21N5O/c1-2-24-13-15(11-17(24)12-21)14-25-10-6-9-18(25)20-22-19(23-26-20)16-7-4-3-5-8-16/h3-5,7-8,11,13,18H,2,6,9-10,14H2,1H3. The molecule has 26 heavy (non-hydrogen) atoms. The molecule has 0 aliphatic carbocycles. The van der Waals surface area contributed by atoms with Crippen LogP contribution < -0.4 is 0 Å². The number of benzene rings is 1. The molecule has 0 spiro atoms. The molecule has 0 saturated carbocycles. The van der Waals surface area contributed by atoms with Gasteiger partial charge in [-0.15, -0.1) is 0 Å². The lowest BCUT2D eigenvalue weighted by atomic mass is 10.2. The lowest BCUT2D eigenvalue weighted by Crippen LogP contribution is -2.22. The van der Waals surface area contributed by atoms with Gasteiger partial charge in [0.1, 0.15) is 11.8 Å². The largest absolute Gasteiger partial charge is 0.339 e. The Hall–Kier alpha value is -2.91. The number of hydrogen-bond donors (Lipinski definition) is 0. The zero-order valence-corrected chi connectivity index (χ0v) is 14.8. The Bertz CT molecular complexity index is 921. The molecule has 4 rings (SSSR count). The van der Waals surface area contributed by atoms with Crippen molar-refractivity contribution in [3.05, 3.63) is 59.7 Å². The Morgan fingerprint density at radius 3 is 2.88 bits per heavy atom. The first kappa shape index (κ1) is 16.6. The second-order valence-electron chi connectivity index (χ2n) is 6.58. The molecule has 6 heteroatoms. The van der Waals surface area contributed by atoms with Crippen molar-refractivity contribution < 1.29 is 4.52 Å². The van der Waals surface area contributed by atoms with Crippen LogP contribution in [0.15, 0.2) is 47.1 Å². The summed E-state index contributed by atoms with van der Waals surface area (Å²) >= 11 is 0. The molecule has 0 bridgehead atoms. The second-order valence-corrected chi connectivity index (χ2v) is 6.58. The van der Waals surface area contributed by atoms with E-state index in [-0.39, 0.29) is 6.04 Å². The molecular weight excluding hydrogens is 326 g/mol. The van der Waals surface area contributed by atoms with Crippen molar-refractivity contribution in [2.75, 3.05) is 6.54 Å². The molecule has 1 aliphatic rings. The van der Waals surface area contributed by atoms with Gasteiger partial charge in [0.05, 0.1) is 6.04 Å². The fraction of sp³-hybridized carbons (Fsp3) is 0.350. The van der Waals surface area contributed by atoms with E-state index in [2.05, 4.69) is 27.3 Å². The molecule has 1 aromatic carbocycles. The summed E-state index contributed by atoms with van der Waals surface area (Å²) in [5, 5.41) is 13.4. The van der Waals surface area contributed by atoms with Crippen LogP contribution in [0.25, 0.3) is 11.4 Å². The highest BCUT2D eigenvalue weighted by molar-refractivity contribution is 5.53. The maximum Gasteiger partial charge on any atom is 0.244 e. The lowest BCUT2D eigenvalue weighted by Gasteiger charge is -2.20. The van der Waals surface area contributed by atoms with Gasteiger partial charge in [-0.2, -0.15) is 10.2 Å². The first-order valence-electron chi connectivity index (χ1n) is 9.00. The molecule has 0 radical (unpaired) electrons. The summed E-state index contributed by atoms with van der Waals surface area (Å²) < 4.78 is 7.57. The van der Waals surface area contributed by atoms with Crippen molar-refractivity contribution in [1.82, 2.24) is 19.6 Å². The van der Waals surface area contributed by atoms with Crippen molar-refractivity contribution in [3.8, 4) is 17.5 Å². The fourth-order valence-electron chi connectivity index (χ4n) is 3.61. The molecule has 132 valence electrons. The highest BCUT2D eigenvalue weighted by Crippen LogP contribution is 2.33. The van der Waals surface area contributed by atoms with E-state index in [1.165, 1.54) is 0 Å². The van der Waals surface area contributed by atoms with Crippen LogP contribution >= 0.6 is 0 Å². The molecule has 1 fully saturated rings. The lowest BCUT2D eigenvalue weighted by molar-refractivity contribution is 0.201. The van der Waals surface area contributed by atoms with E-state index in [4.69, 9.17) is 4.52 Å². The summed E-state index contributed by atoms with van der Waals surface area (Å²) in [5.74, 6) is 1.31. The van der Waals surface area contributed by atoms with E-state index in [0.717, 1.165) is 43.6 Å². The molecular formula is C20H21N5O. The smallest absolute Gasteiger partial charge is 0.244 e. The van der Waals surface area contributed by atoms with Gasteiger partial charge in [0.25, 0.3) is 0 Å². The van der Waals surface area contributed by atoms with E-state index in [0.29, 0.717) is 17.4 Å². The van der Waals surface area contributed by atoms with E-state index in [1.807, 2.05) is 47.9 Å². The number of nitriles is 1. The second kappa shape index (κ2) is 7.14. The minimum atomic E-state index is 0.135. The normalized spacial score (nSPS) is 17.5. The minimum absolute atomic E-state index is 0.135. The average Bonchev–Trinajstić information content (AvgIpc) is 3.41. The zero-order valence-electron chi connectivity index (χ0n) is 14.8. The zero-order chi connectivity index (χ0) is 17.9. The Morgan fingerprint density at radius 2 is 2.15 bits per heavy atom. The molecule has 0 amide bonds. The van der Waals surface area contributed by atoms with Crippen LogP contribution in [0.3, 0.4) is 0 Å². The predicted octanol–water partition coefficient (Wildman–Crippen LogP) is 3.77. The first-order chi connectivity index (χ1) is 12.8. The van der Waals surface area contributed by atoms with Crippen molar-refractivity contribution in [2.45, 2.75) is 38.9 Å². The van der Waals surface area contributed by atoms with E-state index in [1.54, 1.807) is 0 Å². The van der Waals surface area contributed by atoms with Gasteiger partial charge in [0.15, 0.2) is 0 Å². The van der Waals surface area contributed by atoms with Crippen LogP contribution in [0.5, 0.6) is 0 Å². The SMILES string of the molecule is CCn1cc(CN2CCCC2c2nc(-c3ccccc3)no2)cc1C#N. The number of hydrogen-bond acceptors (Lipinski definition) is 5. The summed E-state index contributed by atoms with van der Waals surface area (Å²) in [6, 6.07) is 14.3. The highest BCUT2D eigenvalue weighted by atomic mass is 16.5. The van der Waals surface area contributed by atoms with Crippen LogP contribution in [0.1, 0.15) is 43.0 Å². The fourth-order valence-corrected chi connectivity index (χ4v) is 3.61. The van der Waals surface area contributed by atoms with Gasteiger partial charge in [-0.1, -0.05) is 35.5 Å². The van der Waals surface area contributed by atoms with Gasteiger partial charge in [-0.05, 0) is 37.9 Å². The van der Waals surface area contributed by atoms with Crippen molar-refractivity contribution in [3.63, 3.8) is 0 Å². The molecule has 1 aliphatic heterocycles. The van der Waals surface area contributed by atoms with Crippen LogP contribution in [-0.2, 0) is 13.1 Å². The van der Waals surface area contributed by atoms with Crippen molar-refractivity contribution in [2.24, 2.45) is 0 Å². The number of rotatable bonds is 5. The van der Waals surface area contributed by atoms with E-state index >= 15 is 0 Å². The third-order valence-electron chi connectivity index (χ3n) is 4.92. The van der Waals surface area contributed by atoms with Gasteiger partial charge in [-0.3, -0.25) is 4.90 Å². The Balaban J connectivity index is 1.53. The van der Waals surface area contributed by atoms with Crippen LogP contribution in [-0.4, -0.2) is 26.2 Å². The van der Waals surface area contributed by atoms with Gasteiger partial charge in [-0.25, -0.2) is 0 Å². The molecule has 3 aromatic rings. The van der Waals surface area contributed by atoms with Crippen LogP contribution in [0, 0.1) is 11.3 Å². The van der Waals surface area contributed by atoms with Crippen LogP contribution in [0.4, 0.5) is 0 Å². The molecule has 1 unspecified atom stereocenters. The summed E-state index contributed by atoms with van der Waals surface area (Å²) in [4.78, 5) is 6.99. The highest BCUT2D eigenvalue weighted by Gasteiger charge is 2.31. The van der Waals surface area contributed by atoms with E-state index in [9.17, 15) is 5.26 Å². The Kier molecular flexibility index (Phi) is 4.55. The van der Waals surface area contributed by atoms with Gasteiger partial charge < -0.3 is 9.09 Å². The number of aryl methyl sites for hydroxylation is 1. The number of likely N-dealkylation sites (tertiary alicyclic amines) is 1. The molecule has 1 atom stereocenters. The first-order valence-corrected chi connectivity index (χ1v) is 9.00. The molecule has 6 nitrogen and oxygen atoms in total. The molecule has 3 heterocycles. The monoisotopic (exact) mass is 347 g/mol. The van der Waals surface area contributed by atoms with Crippen molar-refractivity contribution >= 4 is 0 Å². The predicted molar refractivity (Wildman–Crippen MR) is 96.9 cm³/mol. The summed E-state index contributed by atoms with van der Waals surface area (Å²) in [6.45, 7) is 4.63. The maximum absolute atomic E-state index is 9.25. The third kappa shape index (κ3) is 3.14. The maximum atomic E-state index is 9.25. The summed E-state index contributed by atoms with van der Waals surface area (Å²) in [5.41, 5.74) is 2.83. The van der Waals surface area contributed by atoms with Crippen molar-refractivity contribution in [1.29, 1.82) is 5.26 Å². The number of aromatic nitrogens is 3. The quantitative estimate of drug-likeness (QED) is 0.702. The van der Waals surface area contributed by atoms with Gasteiger partial charge in [0, 0.05) is 24.8 Å². The summed E-state index contributed by atoms with van der Waals surface area (Å²) in [7, 11) is 0. The van der Waals surface area contributed by atoms with E-state index < -0.39 is 0 Å². The average molecular weight is 347 g/mol. The topological polar surface area (TPSA) is 70.9 Å².